The molecule has 2 N–H and O–H groups in total. The van der Waals surface area contributed by atoms with E-state index in [1.165, 1.54) is 0 Å². The zero-order valence-corrected chi connectivity index (χ0v) is 15.8. The quantitative estimate of drug-likeness (QED) is 0.546. The molecule has 4 nitrogen and oxygen atoms in total. The third kappa shape index (κ3) is 2.98. The van der Waals surface area contributed by atoms with Crippen LogP contribution in [0.25, 0.3) is 22.9 Å². The van der Waals surface area contributed by atoms with E-state index < -0.39 is 0 Å². The number of nitrogens with one attached hydrogen (secondary N) is 1. The zero-order valence-electron chi connectivity index (χ0n) is 13.5. The molecule has 0 saturated carbocycles. The van der Waals surface area contributed by atoms with Gasteiger partial charge in [0.05, 0.1) is 20.7 Å². The van der Waals surface area contributed by atoms with Crippen molar-refractivity contribution in [1.29, 1.82) is 0 Å². The lowest BCUT2D eigenvalue weighted by Crippen LogP contribution is -2.03. The fourth-order valence-corrected chi connectivity index (χ4v) is 3.95. The Morgan fingerprint density at radius 1 is 1.19 bits per heavy atom. The molecule has 1 aliphatic rings. The summed E-state index contributed by atoms with van der Waals surface area (Å²) in [6.07, 6.45) is 1.70. The van der Waals surface area contributed by atoms with Gasteiger partial charge in [-0.1, -0.05) is 29.3 Å². The molecule has 2 heterocycles. The van der Waals surface area contributed by atoms with Gasteiger partial charge in [0.2, 0.25) is 0 Å². The van der Waals surface area contributed by atoms with Gasteiger partial charge in [-0.25, -0.2) is 4.98 Å². The number of benzene rings is 2. The standard InChI is InChI=1S/C19H12Cl2N2O2S/c1-9-22-17(8-26-9)11-2-3-16-12(7-11)13(19(25)23-16)4-10-5-14(20)18(24)15(21)6-10/h2-8,24H,1H3,(H,23,25)/b13-4-. The first-order chi connectivity index (χ1) is 12.4. The van der Waals surface area contributed by atoms with Gasteiger partial charge < -0.3 is 10.4 Å². The molecule has 0 radical (unpaired) electrons. The summed E-state index contributed by atoms with van der Waals surface area (Å²) in [6.45, 7) is 1.95. The van der Waals surface area contributed by atoms with Crippen molar-refractivity contribution in [3.05, 3.63) is 61.9 Å². The molecule has 130 valence electrons. The summed E-state index contributed by atoms with van der Waals surface area (Å²) in [4.78, 5) is 16.9. The molecule has 2 aromatic carbocycles. The number of amides is 1. The second kappa shape index (κ2) is 6.43. The SMILES string of the molecule is Cc1nc(-c2ccc3c(c2)/C(=C/c2cc(Cl)c(O)c(Cl)c2)C(=O)N3)cs1. The molecule has 0 spiro atoms. The number of hydrogen-bond donors (Lipinski definition) is 2. The van der Waals surface area contributed by atoms with Crippen LogP contribution >= 0.6 is 34.5 Å². The van der Waals surface area contributed by atoms with Gasteiger partial charge in [0, 0.05) is 27.8 Å². The van der Waals surface area contributed by atoms with Crippen molar-refractivity contribution >= 4 is 57.8 Å². The fraction of sp³-hybridized carbons (Fsp3) is 0.0526. The molecule has 0 bridgehead atoms. The largest absolute Gasteiger partial charge is 0.505 e. The molecular formula is C19H12Cl2N2O2S. The Hall–Kier alpha value is -2.34. The summed E-state index contributed by atoms with van der Waals surface area (Å²) < 4.78 is 0. The summed E-state index contributed by atoms with van der Waals surface area (Å²) in [6, 6.07) is 8.88. The van der Waals surface area contributed by atoms with E-state index in [-0.39, 0.29) is 21.7 Å². The Labute approximate surface area is 163 Å². The molecule has 0 atom stereocenters. The van der Waals surface area contributed by atoms with Crippen LogP contribution in [0.5, 0.6) is 5.75 Å². The molecule has 1 aromatic heterocycles. The molecule has 1 amide bonds. The number of thiazole rings is 1. The van der Waals surface area contributed by atoms with Crippen LogP contribution in [0.2, 0.25) is 10.0 Å². The van der Waals surface area contributed by atoms with Gasteiger partial charge in [0.1, 0.15) is 0 Å². The summed E-state index contributed by atoms with van der Waals surface area (Å²) >= 11 is 13.5. The number of aromatic nitrogens is 1. The van der Waals surface area contributed by atoms with Gasteiger partial charge >= 0.3 is 0 Å². The number of aryl methyl sites for hydroxylation is 1. The molecule has 1 aliphatic heterocycles. The van der Waals surface area contributed by atoms with E-state index in [4.69, 9.17) is 23.2 Å². The molecule has 3 aromatic rings. The number of anilines is 1. The normalized spacial score (nSPS) is 14.6. The first kappa shape index (κ1) is 17.1. The van der Waals surface area contributed by atoms with Crippen molar-refractivity contribution in [2.45, 2.75) is 6.92 Å². The van der Waals surface area contributed by atoms with Crippen LogP contribution in [0.15, 0.2) is 35.7 Å². The second-order valence-electron chi connectivity index (χ2n) is 5.86. The summed E-state index contributed by atoms with van der Waals surface area (Å²) in [5.74, 6) is -0.375. The molecule has 0 unspecified atom stereocenters. The summed E-state index contributed by atoms with van der Waals surface area (Å²) in [5.41, 5.74) is 4.49. The fourth-order valence-electron chi connectivity index (χ4n) is 2.82. The predicted octanol–water partition coefficient (Wildman–Crippen LogP) is 5.62. The molecule has 0 aliphatic carbocycles. The number of aromatic hydroxyl groups is 1. The number of carbonyl (C=O) groups excluding carboxylic acids is 1. The summed E-state index contributed by atoms with van der Waals surface area (Å²) in [7, 11) is 0. The lowest BCUT2D eigenvalue weighted by Gasteiger charge is -2.04. The highest BCUT2D eigenvalue weighted by Gasteiger charge is 2.25. The number of nitrogens with zero attached hydrogens (tertiary/aromatic N) is 1. The Kier molecular flexibility index (Phi) is 4.23. The minimum Gasteiger partial charge on any atom is -0.505 e. The van der Waals surface area contributed by atoms with E-state index in [9.17, 15) is 9.90 Å². The monoisotopic (exact) mass is 402 g/mol. The van der Waals surface area contributed by atoms with E-state index >= 15 is 0 Å². The maximum absolute atomic E-state index is 12.4. The van der Waals surface area contributed by atoms with Crippen LogP contribution in [-0.2, 0) is 4.79 Å². The number of carbonyl (C=O) groups is 1. The second-order valence-corrected chi connectivity index (χ2v) is 7.73. The molecule has 26 heavy (non-hydrogen) atoms. The Morgan fingerprint density at radius 3 is 2.58 bits per heavy atom. The van der Waals surface area contributed by atoms with Crippen molar-refractivity contribution in [1.82, 2.24) is 4.98 Å². The van der Waals surface area contributed by atoms with E-state index in [0.717, 1.165) is 27.5 Å². The van der Waals surface area contributed by atoms with E-state index in [2.05, 4.69) is 10.3 Å². The van der Waals surface area contributed by atoms with Crippen molar-refractivity contribution < 1.29 is 9.90 Å². The van der Waals surface area contributed by atoms with Crippen molar-refractivity contribution in [2.75, 3.05) is 5.32 Å². The van der Waals surface area contributed by atoms with Gasteiger partial charge in [0.25, 0.3) is 5.91 Å². The van der Waals surface area contributed by atoms with Gasteiger partial charge in [-0.2, -0.15) is 0 Å². The van der Waals surface area contributed by atoms with Gasteiger partial charge in [-0.3, -0.25) is 4.79 Å². The van der Waals surface area contributed by atoms with E-state index in [1.54, 1.807) is 29.5 Å². The van der Waals surface area contributed by atoms with Crippen LogP contribution in [-0.4, -0.2) is 16.0 Å². The highest BCUT2D eigenvalue weighted by atomic mass is 35.5. The molecular weight excluding hydrogens is 391 g/mol. The average Bonchev–Trinajstić information content (AvgIpc) is 3.16. The molecule has 7 heteroatoms. The van der Waals surface area contributed by atoms with Crippen LogP contribution in [0.1, 0.15) is 16.1 Å². The topological polar surface area (TPSA) is 62.2 Å². The van der Waals surface area contributed by atoms with Crippen molar-refractivity contribution in [3.63, 3.8) is 0 Å². The highest BCUT2D eigenvalue weighted by Crippen LogP contribution is 2.38. The smallest absolute Gasteiger partial charge is 0.256 e. The van der Waals surface area contributed by atoms with Crippen molar-refractivity contribution in [3.8, 4) is 17.0 Å². The maximum atomic E-state index is 12.4. The number of phenols is 1. The minimum absolute atomic E-state index is 0.134. The van der Waals surface area contributed by atoms with Gasteiger partial charge in [0.15, 0.2) is 5.75 Å². The Bertz CT molecular complexity index is 1070. The average molecular weight is 403 g/mol. The molecule has 0 fully saturated rings. The first-order valence-electron chi connectivity index (χ1n) is 7.70. The highest BCUT2D eigenvalue weighted by molar-refractivity contribution is 7.09. The van der Waals surface area contributed by atoms with E-state index in [1.807, 2.05) is 30.5 Å². The van der Waals surface area contributed by atoms with Crippen LogP contribution in [0.3, 0.4) is 0 Å². The number of halogens is 2. The molecule has 4 rings (SSSR count). The minimum atomic E-state index is -0.202. The zero-order chi connectivity index (χ0) is 18.4. The van der Waals surface area contributed by atoms with Crippen LogP contribution < -0.4 is 5.32 Å². The predicted molar refractivity (Wildman–Crippen MR) is 107 cm³/mol. The Balaban J connectivity index is 1.81. The third-order valence-corrected chi connectivity index (χ3v) is 5.42. The lowest BCUT2D eigenvalue weighted by atomic mass is 10.0. The number of rotatable bonds is 2. The summed E-state index contributed by atoms with van der Waals surface area (Å²) in [5, 5.41) is 15.8. The first-order valence-corrected chi connectivity index (χ1v) is 9.34. The van der Waals surface area contributed by atoms with Crippen LogP contribution in [0.4, 0.5) is 5.69 Å². The van der Waals surface area contributed by atoms with Crippen molar-refractivity contribution in [2.24, 2.45) is 0 Å². The Morgan fingerprint density at radius 2 is 1.92 bits per heavy atom. The lowest BCUT2D eigenvalue weighted by molar-refractivity contribution is -0.110. The number of fused-ring (bicyclic) bond motifs is 1. The molecule has 0 saturated heterocycles. The maximum Gasteiger partial charge on any atom is 0.256 e. The number of hydrogen-bond acceptors (Lipinski definition) is 4. The van der Waals surface area contributed by atoms with Gasteiger partial charge in [-0.15, -0.1) is 11.3 Å². The van der Waals surface area contributed by atoms with E-state index in [0.29, 0.717) is 11.1 Å². The number of phenolic OH excluding ortho intramolecular Hbond substituents is 1. The van der Waals surface area contributed by atoms with Gasteiger partial charge in [-0.05, 0) is 42.8 Å². The third-order valence-electron chi connectivity index (χ3n) is 4.07. The van der Waals surface area contributed by atoms with Crippen LogP contribution in [0, 0.1) is 6.92 Å².